The first-order valence-corrected chi connectivity index (χ1v) is 6.46. The molecule has 0 atom stereocenters. The van der Waals surface area contributed by atoms with Crippen LogP contribution in [0.2, 0.25) is 0 Å². The molecule has 1 amide bonds. The molecule has 0 aromatic heterocycles. The number of hydrogen-bond donors (Lipinski definition) is 2. The van der Waals surface area contributed by atoms with Crippen LogP contribution in [0.3, 0.4) is 0 Å². The molecule has 0 aliphatic carbocycles. The highest BCUT2D eigenvalue weighted by Crippen LogP contribution is 2.21. The minimum Gasteiger partial charge on any atom is -0.338 e. The maximum Gasteiger partial charge on any atom is 0.242 e. The molecule has 4 heteroatoms. The zero-order valence-electron chi connectivity index (χ0n) is 12.1. The van der Waals surface area contributed by atoms with Crippen LogP contribution in [0.1, 0.15) is 41.5 Å². The molecule has 1 aliphatic rings. The second-order valence-electron chi connectivity index (χ2n) is 6.47. The van der Waals surface area contributed by atoms with Gasteiger partial charge in [-0.05, 0) is 27.7 Å². The van der Waals surface area contributed by atoms with Crippen LogP contribution >= 0.6 is 0 Å². The summed E-state index contributed by atoms with van der Waals surface area (Å²) in [5.41, 5.74) is -0.477. The van der Waals surface area contributed by atoms with E-state index >= 15 is 0 Å². The smallest absolute Gasteiger partial charge is 0.242 e. The maximum absolute atomic E-state index is 12.2. The summed E-state index contributed by atoms with van der Waals surface area (Å²) in [5, 5.41) is 6.75. The predicted molar refractivity (Wildman–Crippen MR) is 71.0 cm³/mol. The minimum atomic E-state index is -0.459. The Morgan fingerprint density at radius 3 is 2.47 bits per heavy atom. The van der Waals surface area contributed by atoms with Crippen molar-refractivity contribution in [2.75, 3.05) is 19.6 Å². The number of amides is 1. The van der Waals surface area contributed by atoms with Crippen LogP contribution in [-0.2, 0) is 4.79 Å². The van der Waals surface area contributed by atoms with Gasteiger partial charge in [-0.3, -0.25) is 10.1 Å². The topological polar surface area (TPSA) is 44.4 Å². The van der Waals surface area contributed by atoms with Crippen molar-refractivity contribution in [1.82, 2.24) is 15.5 Å². The van der Waals surface area contributed by atoms with Crippen LogP contribution in [0.4, 0.5) is 0 Å². The number of hydrogen-bond acceptors (Lipinski definition) is 3. The van der Waals surface area contributed by atoms with E-state index in [1.807, 2.05) is 18.7 Å². The molecule has 1 aliphatic heterocycles. The Hall–Kier alpha value is -0.610. The number of nitrogens with one attached hydrogen (secondary N) is 2. The summed E-state index contributed by atoms with van der Waals surface area (Å²) in [4.78, 5) is 14.2. The van der Waals surface area contributed by atoms with Crippen molar-refractivity contribution in [2.24, 2.45) is 0 Å². The van der Waals surface area contributed by atoms with Crippen molar-refractivity contribution in [3.63, 3.8) is 0 Å². The van der Waals surface area contributed by atoms with Crippen molar-refractivity contribution in [1.29, 1.82) is 0 Å². The molecular formula is C13H27N3O. The van der Waals surface area contributed by atoms with E-state index in [4.69, 9.17) is 0 Å². The Bertz CT molecular complexity index is 284. The summed E-state index contributed by atoms with van der Waals surface area (Å²) < 4.78 is 0. The van der Waals surface area contributed by atoms with Crippen molar-refractivity contribution in [3.05, 3.63) is 0 Å². The van der Waals surface area contributed by atoms with E-state index in [-0.39, 0.29) is 11.4 Å². The van der Waals surface area contributed by atoms with Gasteiger partial charge in [0.1, 0.15) is 0 Å². The van der Waals surface area contributed by atoms with Gasteiger partial charge in [0, 0.05) is 31.2 Å². The lowest BCUT2D eigenvalue weighted by Crippen LogP contribution is -2.70. The summed E-state index contributed by atoms with van der Waals surface area (Å²) >= 11 is 0. The maximum atomic E-state index is 12.2. The van der Waals surface area contributed by atoms with Gasteiger partial charge in [-0.15, -0.1) is 0 Å². The highest BCUT2D eigenvalue weighted by Gasteiger charge is 2.42. The van der Waals surface area contributed by atoms with Crippen molar-refractivity contribution in [3.8, 4) is 0 Å². The van der Waals surface area contributed by atoms with Gasteiger partial charge >= 0.3 is 0 Å². The number of piperazine rings is 1. The van der Waals surface area contributed by atoms with E-state index in [1.54, 1.807) is 0 Å². The minimum absolute atomic E-state index is 0.0186. The van der Waals surface area contributed by atoms with Crippen molar-refractivity contribution < 1.29 is 4.79 Å². The fraction of sp³-hybridized carbons (Fsp3) is 0.923. The van der Waals surface area contributed by atoms with Crippen LogP contribution in [-0.4, -0.2) is 47.6 Å². The Morgan fingerprint density at radius 2 is 1.94 bits per heavy atom. The Labute approximate surface area is 105 Å². The lowest BCUT2D eigenvalue weighted by Gasteiger charge is -2.47. The van der Waals surface area contributed by atoms with Gasteiger partial charge in [-0.1, -0.05) is 13.8 Å². The van der Waals surface area contributed by atoms with Crippen molar-refractivity contribution >= 4 is 5.91 Å². The number of rotatable bonds is 4. The van der Waals surface area contributed by atoms with Gasteiger partial charge in [-0.25, -0.2) is 0 Å². The Morgan fingerprint density at radius 1 is 1.35 bits per heavy atom. The molecule has 0 bridgehead atoms. The monoisotopic (exact) mass is 241 g/mol. The average molecular weight is 241 g/mol. The summed E-state index contributed by atoms with van der Waals surface area (Å²) in [6.07, 6.45) is 0. The molecular weight excluding hydrogens is 214 g/mol. The third kappa shape index (κ3) is 3.96. The SMILES string of the molecule is CC(C)NCCN1CC(C)(C)NC(C)(C)C1=O. The molecule has 1 fully saturated rings. The second-order valence-corrected chi connectivity index (χ2v) is 6.47. The summed E-state index contributed by atoms with van der Waals surface area (Å²) in [6.45, 7) is 14.9. The third-order valence-electron chi connectivity index (χ3n) is 2.99. The van der Waals surface area contributed by atoms with E-state index in [0.29, 0.717) is 6.04 Å². The molecule has 4 nitrogen and oxygen atoms in total. The largest absolute Gasteiger partial charge is 0.338 e. The van der Waals surface area contributed by atoms with E-state index in [0.717, 1.165) is 19.6 Å². The van der Waals surface area contributed by atoms with E-state index in [2.05, 4.69) is 38.3 Å². The lowest BCUT2D eigenvalue weighted by atomic mass is 9.90. The van der Waals surface area contributed by atoms with Crippen LogP contribution in [0.15, 0.2) is 0 Å². The fourth-order valence-electron chi connectivity index (χ4n) is 2.55. The molecule has 2 N–H and O–H groups in total. The first-order chi connectivity index (χ1) is 7.64. The zero-order chi connectivity index (χ0) is 13.3. The number of nitrogens with zero attached hydrogens (tertiary/aromatic N) is 1. The van der Waals surface area contributed by atoms with Crippen LogP contribution in [0, 0.1) is 0 Å². The quantitative estimate of drug-likeness (QED) is 0.771. The highest BCUT2D eigenvalue weighted by molar-refractivity contribution is 5.86. The van der Waals surface area contributed by atoms with Gasteiger partial charge in [0.15, 0.2) is 0 Å². The van der Waals surface area contributed by atoms with Gasteiger partial charge in [0.25, 0.3) is 0 Å². The molecule has 0 unspecified atom stereocenters. The Kier molecular flexibility index (Phi) is 4.20. The molecule has 0 radical (unpaired) electrons. The normalized spacial score (nSPS) is 23.2. The summed E-state index contributed by atoms with van der Waals surface area (Å²) in [5.74, 6) is 0.197. The third-order valence-corrected chi connectivity index (χ3v) is 2.99. The Balaban J connectivity index is 2.61. The van der Waals surface area contributed by atoms with Gasteiger partial charge < -0.3 is 10.2 Å². The first-order valence-electron chi connectivity index (χ1n) is 6.46. The molecule has 0 aromatic carbocycles. The van der Waals surface area contributed by atoms with Gasteiger partial charge in [-0.2, -0.15) is 0 Å². The highest BCUT2D eigenvalue weighted by atomic mass is 16.2. The molecule has 1 rings (SSSR count). The predicted octanol–water partition coefficient (Wildman–Crippen LogP) is 0.973. The van der Waals surface area contributed by atoms with E-state index in [1.165, 1.54) is 0 Å². The van der Waals surface area contributed by atoms with Gasteiger partial charge in [0.2, 0.25) is 5.91 Å². The molecule has 17 heavy (non-hydrogen) atoms. The van der Waals surface area contributed by atoms with Crippen LogP contribution in [0.5, 0.6) is 0 Å². The van der Waals surface area contributed by atoms with E-state index in [9.17, 15) is 4.79 Å². The summed E-state index contributed by atoms with van der Waals surface area (Å²) in [7, 11) is 0. The van der Waals surface area contributed by atoms with Crippen molar-refractivity contribution in [2.45, 2.75) is 58.7 Å². The zero-order valence-corrected chi connectivity index (χ0v) is 12.1. The molecule has 0 saturated carbocycles. The fourth-order valence-corrected chi connectivity index (χ4v) is 2.55. The van der Waals surface area contributed by atoms with Gasteiger partial charge in [0.05, 0.1) is 5.54 Å². The first kappa shape index (κ1) is 14.5. The molecule has 100 valence electrons. The number of carbonyl (C=O) groups excluding carboxylic acids is 1. The van der Waals surface area contributed by atoms with Crippen LogP contribution < -0.4 is 10.6 Å². The lowest BCUT2D eigenvalue weighted by molar-refractivity contribution is -0.143. The van der Waals surface area contributed by atoms with E-state index < -0.39 is 5.54 Å². The molecule has 1 saturated heterocycles. The molecule has 0 aromatic rings. The number of carbonyl (C=O) groups is 1. The average Bonchev–Trinajstić information content (AvgIpc) is 2.10. The van der Waals surface area contributed by atoms with Crippen LogP contribution in [0.25, 0.3) is 0 Å². The molecule has 1 heterocycles. The standard InChI is InChI=1S/C13H27N3O/c1-10(2)14-7-8-16-9-12(3,4)15-13(5,6)11(16)17/h10,14-15H,7-9H2,1-6H3. The summed E-state index contributed by atoms with van der Waals surface area (Å²) in [6, 6.07) is 0.467. The second kappa shape index (κ2) is 4.94. The molecule has 0 spiro atoms.